The summed E-state index contributed by atoms with van der Waals surface area (Å²) < 4.78 is 9.39. The molecule has 10 nitrogen and oxygen atoms in total. The van der Waals surface area contributed by atoms with Gasteiger partial charge in [0, 0.05) is 56.4 Å². The fourth-order valence-corrected chi connectivity index (χ4v) is 6.88. The lowest BCUT2D eigenvalue weighted by atomic mass is 9.70. The lowest BCUT2D eigenvalue weighted by Crippen LogP contribution is -2.49. The minimum absolute atomic E-state index is 0.0270. The van der Waals surface area contributed by atoms with Crippen LogP contribution in [0.1, 0.15) is 78.8 Å². The molecule has 3 aromatic rings. The molecule has 2 saturated carbocycles. The average Bonchev–Trinajstić information content (AvgIpc) is 3.36. The number of nitrogens with zero attached hydrogens (tertiary/aromatic N) is 3. The van der Waals surface area contributed by atoms with Crippen molar-refractivity contribution in [2.24, 2.45) is 25.4 Å². The summed E-state index contributed by atoms with van der Waals surface area (Å²) in [6.07, 6.45) is 7.59. The molecule has 234 valence electrons. The Bertz CT molecular complexity index is 1540. The van der Waals surface area contributed by atoms with Gasteiger partial charge in [-0.1, -0.05) is 25.5 Å². The van der Waals surface area contributed by atoms with Crippen LogP contribution in [0.15, 0.2) is 48.7 Å². The van der Waals surface area contributed by atoms with Crippen molar-refractivity contribution in [1.82, 2.24) is 25.0 Å². The topological polar surface area (TPSA) is 119 Å². The number of nitrogens with one attached hydrogen (secondary N) is 3. The Hall–Kier alpha value is -3.92. The van der Waals surface area contributed by atoms with E-state index in [1.165, 1.54) is 11.1 Å². The van der Waals surface area contributed by atoms with E-state index < -0.39 is 11.5 Å². The molecule has 0 bridgehead atoms. The Labute approximate surface area is 258 Å². The van der Waals surface area contributed by atoms with Gasteiger partial charge in [-0.05, 0) is 86.3 Å². The predicted octanol–water partition coefficient (Wildman–Crippen LogP) is 3.96. The number of anilines is 1. The molecule has 1 aromatic carbocycles. The van der Waals surface area contributed by atoms with Gasteiger partial charge < -0.3 is 25.3 Å². The summed E-state index contributed by atoms with van der Waals surface area (Å²) >= 11 is 0. The number of amides is 3. The molecule has 3 heterocycles. The third kappa shape index (κ3) is 5.79. The number of carbonyl (C=O) groups excluding carboxylic acids is 3. The molecule has 0 spiro atoms. The standard InChI is InChI=1S/C34H44N6O4/c1-22-9-12-26(39(22)3)28(23-10-11-23)29(38-30(41)27-13-17-36-40(27)4)31(42)37-25-8-5-7-24(19-25)34(16-18-44-21-34)32(43)35-20-33(2)14-6-15-33/h5,7-9,12-13,17,19,23,28-29H,6,10-11,14-16,18,20-21H2,1-4H3,(H,35,43)(H,37,42)(H,38,41)/t28?,29-,34?/m0/s1. The molecule has 2 unspecified atom stereocenters. The van der Waals surface area contributed by atoms with E-state index in [0.717, 1.165) is 42.6 Å². The second kappa shape index (κ2) is 11.9. The van der Waals surface area contributed by atoms with Gasteiger partial charge in [0.1, 0.15) is 11.7 Å². The third-order valence-electron chi connectivity index (χ3n) is 10.2. The lowest BCUT2D eigenvalue weighted by molar-refractivity contribution is -0.127. The molecule has 0 radical (unpaired) electrons. The van der Waals surface area contributed by atoms with Crippen LogP contribution in [-0.2, 0) is 33.8 Å². The van der Waals surface area contributed by atoms with Crippen LogP contribution in [0.4, 0.5) is 5.69 Å². The molecule has 3 atom stereocenters. The van der Waals surface area contributed by atoms with Gasteiger partial charge >= 0.3 is 0 Å². The molecular weight excluding hydrogens is 556 g/mol. The van der Waals surface area contributed by atoms with Gasteiger partial charge in [-0.3, -0.25) is 19.1 Å². The second-order valence-corrected chi connectivity index (χ2v) is 13.4. The molecule has 3 fully saturated rings. The van der Waals surface area contributed by atoms with Crippen molar-refractivity contribution >= 4 is 23.4 Å². The monoisotopic (exact) mass is 600 g/mol. The largest absolute Gasteiger partial charge is 0.380 e. The first kappa shape index (κ1) is 30.1. The Morgan fingerprint density at radius 2 is 1.89 bits per heavy atom. The quantitative estimate of drug-likeness (QED) is 0.308. The first-order chi connectivity index (χ1) is 21.1. The van der Waals surface area contributed by atoms with Crippen molar-refractivity contribution in [1.29, 1.82) is 0 Å². The summed E-state index contributed by atoms with van der Waals surface area (Å²) in [6.45, 7) is 5.71. The highest BCUT2D eigenvalue weighted by Crippen LogP contribution is 2.45. The maximum atomic E-state index is 14.2. The Morgan fingerprint density at radius 3 is 2.48 bits per heavy atom. The summed E-state index contributed by atoms with van der Waals surface area (Å²) in [5.74, 6) is -0.609. The molecule has 3 N–H and O–H groups in total. The maximum absolute atomic E-state index is 14.2. The van der Waals surface area contributed by atoms with Crippen molar-refractivity contribution in [2.75, 3.05) is 25.1 Å². The van der Waals surface area contributed by atoms with E-state index in [9.17, 15) is 14.4 Å². The van der Waals surface area contributed by atoms with Gasteiger partial charge in [-0.25, -0.2) is 0 Å². The summed E-state index contributed by atoms with van der Waals surface area (Å²) in [7, 11) is 3.71. The molecule has 2 aromatic heterocycles. The van der Waals surface area contributed by atoms with Gasteiger partial charge in [0.2, 0.25) is 11.8 Å². The molecular formula is C34H44N6O4. The molecule has 3 amide bonds. The van der Waals surface area contributed by atoms with Crippen LogP contribution >= 0.6 is 0 Å². The normalized spacial score (nSPS) is 22.1. The van der Waals surface area contributed by atoms with Crippen LogP contribution in [0.3, 0.4) is 0 Å². The first-order valence-corrected chi connectivity index (χ1v) is 15.8. The van der Waals surface area contributed by atoms with Crippen LogP contribution < -0.4 is 16.0 Å². The maximum Gasteiger partial charge on any atom is 0.270 e. The molecule has 6 rings (SSSR count). The van der Waals surface area contributed by atoms with Crippen molar-refractivity contribution in [3.8, 4) is 0 Å². The number of ether oxygens (including phenoxy) is 1. The summed E-state index contributed by atoms with van der Waals surface area (Å²) in [6, 6.07) is 12.5. The number of hydrogen-bond acceptors (Lipinski definition) is 5. The van der Waals surface area contributed by atoms with E-state index >= 15 is 0 Å². The van der Waals surface area contributed by atoms with Crippen LogP contribution in [-0.4, -0.2) is 57.9 Å². The van der Waals surface area contributed by atoms with Gasteiger partial charge in [-0.15, -0.1) is 0 Å². The van der Waals surface area contributed by atoms with Crippen molar-refractivity contribution in [3.63, 3.8) is 0 Å². The van der Waals surface area contributed by atoms with E-state index in [0.29, 0.717) is 37.6 Å². The zero-order chi connectivity index (χ0) is 31.1. The smallest absolute Gasteiger partial charge is 0.270 e. The molecule has 10 heteroatoms. The number of hydrogen-bond donors (Lipinski definition) is 3. The zero-order valence-corrected chi connectivity index (χ0v) is 26.2. The first-order valence-electron chi connectivity index (χ1n) is 15.8. The minimum atomic E-state index is -0.822. The van der Waals surface area contributed by atoms with Gasteiger partial charge in [-0.2, -0.15) is 5.10 Å². The highest BCUT2D eigenvalue weighted by molar-refractivity contribution is 6.01. The molecule has 1 aliphatic heterocycles. The number of carbonyl (C=O) groups is 3. The highest BCUT2D eigenvalue weighted by Gasteiger charge is 2.46. The lowest BCUT2D eigenvalue weighted by Gasteiger charge is -2.39. The van der Waals surface area contributed by atoms with E-state index in [1.54, 1.807) is 19.3 Å². The summed E-state index contributed by atoms with van der Waals surface area (Å²) in [5, 5.41) is 13.5. The van der Waals surface area contributed by atoms with Crippen molar-refractivity contribution in [2.45, 2.75) is 69.7 Å². The van der Waals surface area contributed by atoms with Gasteiger partial charge in [0.25, 0.3) is 5.91 Å². The molecule has 1 saturated heterocycles. The number of aryl methyl sites for hydroxylation is 2. The Morgan fingerprint density at radius 1 is 1.09 bits per heavy atom. The van der Waals surface area contributed by atoms with Crippen molar-refractivity contribution < 1.29 is 19.1 Å². The minimum Gasteiger partial charge on any atom is -0.380 e. The van der Waals surface area contributed by atoms with E-state index in [1.807, 2.05) is 44.3 Å². The van der Waals surface area contributed by atoms with Crippen molar-refractivity contribution in [3.05, 3.63) is 71.3 Å². The number of rotatable bonds is 11. The van der Waals surface area contributed by atoms with E-state index in [-0.39, 0.29) is 35.0 Å². The number of aromatic nitrogens is 3. The molecule has 44 heavy (non-hydrogen) atoms. The average molecular weight is 601 g/mol. The Kier molecular flexibility index (Phi) is 8.13. The van der Waals surface area contributed by atoms with Crippen LogP contribution in [0.25, 0.3) is 0 Å². The SMILES string of the molecule is Cc1ccc(C(C2CC2)[C@H](NC(=O)c2ccnn2C)C(=O)Nc2cccc(C3(C(=O)NCC4(C)CCC4)CCOC3)c2)n1C. The summed E-state index contributed by atoms with van der Waals surface area (Å²) in [5.41, 5.74) is 3.23. The number of benzene rings is 1. The fraction of sp³-hybridized carbons (Fsp3) is 0.529. The zero-order valence-electron chi connectivity index (χ0n) is 26.2. The molecule has 2 aliphatic carbocycles. The predicted molar refractivity (Wildman–Crippen MR) is 167 cm³/mol. The summed E-state index contributed by atoms with van der Waals surface area (Å²) in [4.78, 5) is 41.3. The van der Waals surface area contributed by atoms with E-state index in [2.05, 4.69) is 38.6 Å². The highest BCUT2D eigenvalue weighted by atomic mass is 16.5. The second-order valence-electron chi connectivity index (χ2n) is 13.4. The Balaban J connectivity index is 1.27. The van der Waals surface area contributed by atoms with Crippen LogP contribution in [0.5, 0.6) is 0 Å². The van der Waals surface area contributed by atoms with E-state index in [4.69, 9.17) is 4.74 Å². The van der Waals surface area contributed by atoms with Gasteiger partial charge in [0.15, 0.2) is 0 Å². The van der Waals surface area contributed by atoms with Gasteiger partial charge in [0.05, 0.1) is 12.0 Å². The molecule has 3 aliphatic rings. The third-order valence-corrected chi connectivity index (χ3v) is 10.2. The van der Waals surface area contributed by atoms with Crippen LogP contribution in [0, 0.1) is 18.3 Å². The fourth-order valence-electron chi connectivity index (χ4n) is 6.88. The van der Waals surface area contributed by atoms with Crippen LogP contribution in [0.2, 0.25) is 0 Å².